The van der Waals surface area contributed by atoms with Gasteiger partial charge in [-0.05, 0) is 6.92 Å². The van der Waals surface area contributed by atoms with Gasteiger partial charge in [0, 0.05) is 27.8 Å². The molecule has 1 atom stereocenters. The monoisotopic (exact) mass is 272 g/mol. The zero-order valence-corrected chi connectivity index (χ0v) is 12.0. The standard InChI is InChI=1S/C11H20N4O2S/c1-7-9(10(12)18)11(15(2)14-7)13-5-8(17-4)6-16-3/h8,13H,5-6H2,1-4H3,(H2,12,18). The molecule has 18 heavy (non-hydrogen) atoms. The van der Waals surface area contributed by atoms with Crippen LogP contribution < -0.4 is 11.1 Å². The van der Waals surface area contributed by atoms with Gasteiger partial charge in [0.05, 0.1) is 24.0 Å². The fraction of sp³-hybridized carbons (Fsp3) is 0.636. The summed E-state index contributed by atoms with van der Waals surface area (Å²) in [6, 6.07) is 0. The number of nitrogens with one attached hydrogen (secondary N) is 1. The molecule has 1 aromatic rings. The van der Waals surface area contributed by atoms with Crippen molar-refractivity contribution >= 4 is 23.0 Å². The number of aryl methyl sites for hydroxylation is 2. The van der Waals surface area contributed by atoms with E-state index in [4.69, 9.17) is 27.4 Å². The summed E-state index contributed by atoms with van der Waals surface area (Å²) in [6.07, 6.45) is -0.0376. The summed E-state index contributed by atoms with van der Waals surface area (Å²) in [5.41, 5.74) is 7.30. The highest BCUT2D eigenvalue weighted by atomic mass is 32.1. The van der Waals surface area contributed by atoms with Gasteiger partial charge in [-0.25, -0.2) is 0 Å². The fourth-order valence-electron chi connectivity index (χ4n) is 1.76. The van der Waals surface area contributed by atoms with Crippen LogP contribution in [0.5, 0.6) is 0 Å². The van der Waals surface area contributed by atoms with Crippen LogP contribution in [0.4, 0.5) is 5.82 Å². The van der Waals surface area contributed by atoms with Crippen molar-refractivity contribution in [2.24, 2.45) is 12.8 Å². The van der Waals surface area contributed by atoms with E-state index in [0.29, 0.717) is 18.1 Å². The van der Waals surface area contributed by atoms with Crippen LogP contribution in [0.1, 0.15) is 11.3 Å². The van der Waals surface area contributed by atoms with E-state index >= 15 is 0 Å². The quantitative estimate of drug-likeness (QED) is 0.702. The zero-order chi connectivity index (χ0) is 13.7. The Labute approximate surface area is 112 Å². The molecule has 1 unspecified atom stereocenters. The van der Waals surface area contributed by atoms with Crippen LogP contribution in [0.25, 0.3) is 0 Å². The van der Waals surface area contributed by atoms with E-state index in [2.05, 4.69) is 10.4 Å². The number of ether oxygens (including phenoxy) is 2. The van der Waals surface area contributed by atoms with Gasteiger partial charge in [-0.15, -0.1) is 0 Å². The third-order valence-corrected chi connectivity index (χ3v) is 2.86. The summed E-state index contributed by atoms with van der Waals surface area (Å²) in [7, 11) is 5.13. The zero-order valence-electron chi connectivity index (χ0n) is 11.2. The number of thiocarbonyl (C=S) groups is 1. The van der Waals surface area contributed by atoms with Crippen molar-refractivity contribution in [3.63, 3.8) is 0 Å². The molecule has 7 heteroatoms. The number of hydrogen-bond donors (Lipinski definition) is 2. The van der Waals surface area contributed by atoms with Gasteiger partial charge in [0.2, 0.25) is 0 Å². The molecule has 1 aromatic heterocycles. The van der Waals surface area contributed by atoms with Crippen LogP contribution in [-0.2, 0) is 16.5 Å². The molecule has 102 valence electrons. The average molecular weight is 272 g/mol. The van der Waals surface area contributed by atoms with Crippen LogP contribution in [-0.4, -0.2) is 48.2 Å². The molecule has 0 fully saturated rings. The maximum atomic E-state index is 5.71. The number of hydrogen-bond acceptors (Lipinski definition) is 5. The summed E-state index contributed by atoms with van der Waals surface area (Å²) >= 11 is 5.04. The number of anilines is 1. The molecule has 1 heterocycles. The largest absolute Gasteiger partial charge is 0.389 e. The number of nitrogens with two attached hydrogens (primary N) is 1. The lowest BCUT2D eigenvalue weighted by molar-refractivity contribution is 0.0365. The second kappa shape index (κ2) is 6.67. The predicted molar refractivity (Wildman–Crippen MR) is 75.0 cm³/mol. The molecule has 1 rings (SSSR count). The Morgan fingerprint density at radius 1 is 1.56 bits per heavy atom. The van der Waals surface area contributed by atoms with Gasteiger partial charge < -0.3 is 20.5 Å². The van der Waals surface area contributed by atoms with Crippen LogP contribution in [0.3, 0.4) is 0 Å². The first-order chi connectivity index (χ1) is 8.51. The highest BCUT2D eigenvalue weighted by Gasteiger charge is 2.16. The van der Waals surface area contributed by atoms with Gasteiger partial charge in [-0.3, -0.25) is 4.68 Å². The second-order valence-corrected chi connectivity index (χ2v) is 4.43. The van der Waals surface area contributed by atoms with Gasteiger partial charge in [0.15, 0.2) is 0 Å². The molecule has 0 aliphatic rings. The number of methoxy groups -OCH3 is 2. The smallest absolute Gasteiger partial charge is 0.134 e. The molecule has 0 aliphatic carbocycles. The van der Waals surface area contributed by atoms with E-state index in [9.17, 15) is 0 Å². The van der Waals surface area contributed by atoms with Crippen molar-refractivity contribution in [1.82, 2.24) is 9.78 Å². The minimum Gasteiger partial charge on any atom is -0.389 e. The van der Waals surface area contributed by atoms with Crippen LogP contribution in [0.2, 0.25) is 0 Å². The first kappa shape index (κ1) is 14.9. The Hall–Kier alpha value is -1.18. The van der Waals surface area contributed by atoms with E-state index in [0.717, 1.165) is 17.1 Å². The Bertz CT molecular complexity index is 419. The Kier molecular flexibility index (Phi) is 5.52. The first-order valence-corrected chi connectivity index (χ1v) is 6.01. The van der Waals surface area contributed by atoms with Crippen molar-refractivity contribution < 1.29 is 9.47 Å². The topological polar surface area (TPSA) is 74.3 Å². The molecule has 0 spiro atoms. The SMILES string of the molecule is COCC(CNc1c(C(N)=S)c(C)nn1C)OC. The lowest BCUT2D eigenvalue weighted by Gasteiger charge is -2.16. The van der Waals surface area contributed by atoms with Crippen LogP contribution in [0, 0.1) is 6.92 Å². The third kappa shape index (κ3) is 3.41. The number of nitrogens with zero attached hydrogens (tertiary/aromatic N) is 2. The van der Waals surface area contributed by atoms with E-state index in [1.54, 1.807) is 18.9 Å². The number of aromatic nitrogens is 2. The second-order valence-electron chi connectivity index (χ2n) is 3.99. The minimum atomic E-state index is -0.0376. The average Bonchev–Trinajstić information content (AvgIpc) is 2.59. The normalized spacial score (nSPS) is 12.4. The van der Waals surface area contributed by atoms with Gasteiger partial charge in [0.25, 0.3) is 0 Å². The van der Waals surface area contributed by atoms with E-state index < -0.39 is 0 Å². The lowest BCUT2D eigenvalue weighted by atomic mass is 10.2. The van der Waals surface area contributed by atoms with Gasteiger partial charge >= 0.3 is 0 Å². The van der Waals surface area contributed by atoms with Crippen molar-refractivity contribution in [3.05, 3.63) is 11.3 Å². The Balaban J connectivity index is 2.81. The molecule has 0 saturated heterocycles. The summed E-state index contributed by atoms with van der Waals surface area (Å²) in [5, 5.41) is 7.54. The Morgan fingerprint density at radius 3 is 2.72 bits per heavy atom. The molecule has 6 nitrogen and oxygen atoms in total. The maximum Gasteiger partial charge on any atom is 0.134 e. The van der Waals surface area contributed by atoms with Crippen LogP contribution in [0.15, 0.2) is 0 Å². The summed E-state index contributed by atoms with van der Waals surface area (Å²) < 4.78 is 12.1. The van der Waals surface area contributed by atoms with E-state index in [1.807, 2.05) is 14.0 Å². The van der Waals surface area contributed by atoms with Crippen molar-refractivity contribution in [3.8, 4) is 0 Å². The molecule has 0 aliphatic heterocycles. The molecule has 0 amide bonds. The fourth-order valence-corrected chi connectivity index (χ4v) is 2.01. The van der Waals surface area contributed by atoms with E-state index in [-0.39, 0.29) is 6.10 Å². The Morgan fingerprint density at radius 2 is 2.22 bits per heavy atom. The molecule has 0 radical (unpaired) electrons. The molecule has 0 bridgehead atoms. The number of rotatable bonds is 7. The van der Waals surface area contributed by atoms with Gasteiger partial charge in [0.1, 0.15) is 10.8 Å². The maximum absolute atomic E-state index is 5.71. The van der Waals surface area contributed by atoms with Crippen molar-refractivity contribution in [2.75, 3.05) is 32.7 Å². The highest BCUT2D eigenvalue weighted by molar-refractivity contribution is 7.80. The lowest BCUT2D eigenvalue weighted by Crippen LogP contribution is -2.28. The molecular formula is C11H20N4O2S. The van der Waals surface area contributed by atoms with Crippen molar-refractivity contribution in [1.29, 1.82) is 0 Å². The van der Waals surface area contributed by atoms with Gasteiger partial charge in [-0.2, -0.15) is 5.10 Å². The van der Waals surface area contributed by atoms with E-state index in [1.165, 1.54) is 0 Å². The van der Waals surface area contributed by atoms with Crippen molar-refractivity contribution in [2.45, 2.75) is 13.0 Å². The summed E-state index contributed by atoms with van der Waals surface area (Å²) in [5.74, 6) is 0.804. The van der Waals surface area contributed by atoms with Crippen LogP contribution >= 0.6 is 12.2 Å². The van der Waals surface area contributed by atoms with Gasteiger partial charge in [-0.1, -0.05) is 12.2 Å². The highest BCUT2D eigenvalue weighted by Crippen LogP contribution is 2.18. The molecule has 0 saturated carbocycles. The predicted octanol–water partition coefficient (Wildman–Crippen LogP) is 0.436. The third-order valence-electron chi connectivity index (χ3n) is 2.65. The molecule has 0 aromatic carbocycles. The summed E-state index contributed by atoms with van der Waals surface area (Å²) in [6.45, 7) is 2.99. The summed E-state index contributed by atoms with van der Waals surface area (Å²) in [4.78, 5) is 0.337. The molecule has 3 N–H and O–H groups in total. The minimum absolute atomic E-state index is 0.0376. The molecular weight excluding hydrogens is 252 g/mol. The first-order valence-electron chi connectivity index (χ1n) is 5.60.